The van der Waals surface area contributed by atoms with E-state index >= 15 is 0 Å². The van der Waals surface area contributed by atoms with E-state index in [-0.39, 0.29) is 12.1 Å². The zero-order chi connectivity index (χ0) is 16.3. The molecule has 124 valence electrons. The highest BCUT2D eigenvalue weighted by Gasteiger charge is 2.28. The molecule has 0 radical (unpaired) electrons. The average Bonchev–Trinajstić information content (AvgIpc) is 2.88. The fourth-order valence-corrected chi connectivity index (χ4v) is 3.12. The summed E-state index contributed by atoms with van der Waals surface area (Å²) in [6.45, 7) is 5.82. The van der Waals surface area contributed by atoms with Gasteiger partial charge in [-0.1, -0.05) is 6.92 Å². The number of urea groups is 1. The molecule has 6 nitrogen and oxygen atoms in total. The van der Waals surface area contributed by atoms with Gasteiger partial charge in [-0.3, -0.25) is 4.68 Å². The normalized spacial score (nSPS) is 23.6. The van der Waals surface area contributed by atoms with Crippen molar-refractivity contribution < 1.29 is 4.79 Å². The van der Waals surface area contributed by atoms with Crippen LogP contribution in [0.15, 0.2) is 12.4 Å². The monoisotopic (exact) mass is 307 g/mol. The molecule has 0 bridgehead atoms. The van der Waals surface area contributed by atoms with E-state index in [1.807, 2.05) is 38.4 Å². The zero-order valence-electron chi connectivity index (χ0n) is 14.4. The first-order chi connectivity index (χ1) is 10.4. The summed E-state index contributed by atoms with van der Waals surface area (Å²) in [5.74, 6) is 0.572. The predicted molar refractivity (Wildman–Crippen MR) is 87.6 cm³/mol. The lowest BCUT2D eigenvalue weighted by Crippen LogP contribution is -2.51. The Hall–Kier alpha value is -1.56. The minimum absolute atomic E-state index is 0.0507. The van der Waals surface area contributed by atoms with Crippen LogP contribution in [-0.2, 0) is 7.05 Å². The number of hydrogen-bond donors (Lipinski definition) is 1. The predicted octanol–water partition coefficient (Wildman–Crippen LogP) is 1.85. The van der Waals surface area contributed by atoms with Gasteiger partial charge in [-0.05, 0) is 39.8 Å². The van der Waals surface area contributed by atoms with Gasteiger partial charge in [-0.15, -0.1) is 0 Å². The van der Waals surface area contributed by atoms with Gasteiger partial charge in [0.15, 0.2) is 0 Å². The average molecular weight is 307 g/mol. The number of piperidine rings is 1. The van der Waals surface area contributed by atoms with Crippen LogP contribution in [0.4, 0.5) is 4.79 Å². The molecule has 2 heterocycles. The summed E-state index contributed by atoms with van der Waals surface area (Å²) in [6, 6.07) is 0.495. The first kappa shape index (κ1) is 16.8. The number of aryl methyl sites for hydroxylation is 1. The van der Waals surface area contributed by atoms with Crippen molar-refractivity contribution in [2.45, 2.75) is 38.8 Å². The molecule has 0 unspecified atom stereocenters. The van der Waals surface area contributed by atoms with E-state index < -0.39 is 0 Å². The molecule has 1 aromatic rings. The van der Waals surface area contributed by atoms with Crippen molar-refractivity contribution in [3.05, 3.63) is 18.0 Å². The van der Waals surface area contributed by atoms with Gasteiger partial charge in [-0.2, -0.15) is 5.10 Å². The van der Waals surface area contributed by atoms with Crippen molar-refractivity contribution >= 4 is 6.03 Å². The number of rotatable bonds is 4. The molecule has 1 fully saturated rings. The molecule has 1 aliphatic heterocycles. The number of amides is 2. The standard InChI is InChI=1S/C16H29N5O/c1-12-7-6-8-21(13(12)2)16(22)17-10-15(19(3)4)14-9-18-20(5)11-14/h9,11-13,15H,6-8,10H2,1-5H3,(H,17,22)/t12-,13-,15+/m1/s1. The highest BCUT2D eigenvalue weighted by atomic mass is 16.2. The molecule has 6 heteroatoms. The van der Waals surface area contributed by atoms with E-state index in [0.29, 0.717) is 18.5 Å². The fraction of sp³-hybridized carbons (Fsp3) is 0.750. The second-order valence-corrected chi connectivity index (χ2v) is 6.67. The number of nitrogens with one attached hydrogen (secondary N) is 1. The molecule has 1 N–H and O–H groups in total. The number of carbonyl (C=O) groups is 1. The van der Waals surface area contributed by atoms with Gasteiger partial charge < -0.3 is 15.1 Å². The van der Waals surface area contributed by atoms with E-state index in [1.165, 1.54) is 6.42 Å². The molecule has 1 aromatic heterocycles. The van der Waals surface area contributed by atoms with Gasteiger partial charge in [0, 0.05) is 37.9 Å². The molecule has 0 saturated carbocycles. The minimum atomic E-state index is 0.0507. The lowest BCUT2D eigenvalue weighted by Gasteiger charge is -2.38. The van der Waals surface area contributed by atoms with Crippen LogP contribution >= 0.6 is 0 Å². The smallest absolute Gasteiger partial charge is 0.317 e. The van der Waals surface area contributed by atoms with E-state index in [1.54, 1.807) is 4.68 Å². The highest BCUT2D eigenvalue weighted by molar-refractivity contribution is 5.74. The summed E-state index contributed by atoms with van der Waals surface area (Å²) in [5.41, 5.74) is 1.12. The van der Waals surface area contributed by atoms with E-state index in [4.69, 9.17) is 0 Å². The Labute approximate surface area is 133 Å². The SMILES string of the molecule is C[C@@H]1CCCN(C(=O)NC[C@@H](c2cnn(C)c2)N(C)C)[C@@H]1C. The largest absolute Gasteiger partial charge is 0.336 e. The molecular weight excluding hydrogens is 278 g/mol. The summed E-state index contributed by atoms with van der Waals surface area (Å²) >= 11 is 0. The van der Waals surface area contributed by atoms with Crippen LogP contribution in [0.5, 0.6) is 0 Å². The molecular formula is C16H29N5O. The lowest BCUT2D eigenvalue weighted by molar-refractivity contribution is 0.126. The van der Waals surface area contributed by atoms with Crippen LogP contribution in [0, 0.1) is 5.92 Å². The van der Waals surface area contributed by atoms with Gasteiger partial charge in [0.1, 0.15) is 0 Å². The second-order valence-electron chi connectivity index (χ2n) is 6.67. The van der Waals surface area contributed by atoms with Crippen molar-refractivity contribution in [3.63, 3.8) is 0 Å². The third kappa shape index (κ3) is 3.80. The second kappa shape index (κ2) is 7.13. The molecule has 2 rings (SSSR count). The van der Waals surface area contributed by atoms with Crippen LogP contribution in [0.2, 0.25) is 0 Å². The summed E-state index contributed by atoms with van der Waals surface area (Å²) < 4.78 is 1.79. The van der Waals surface area contributed by atoms with Crippen molar-refractivity contribution in [1.82, 2.24) is 24.9 Å². The Bertz CT molecular complexity index is 498. The number of carbonyl (C=O) groups excluding carboxylic acids is 1. The van der Waals surface area contributed by atoms with Crippen LogP contribution in [0.25, 0.3) is 0 Å². The van der Waals surface area contributed by atoms with Gasteiger partial charge in [0.2, 0.25) is 0 Å². The van der Waals surface area contributed by atoms with Crippen LogP contribution in [0.1, 0.15) is 38.3 Å². The van der Waals surface area contributed by atoms with Gasteiger partial charge >= 0.3 is 6.03 Å². The number of likely N-dealkylation sites (tertiary alicyclic amines) is 1. The maximum Gasteiger partial charge on any atom is 0.317 e. The summed E-state index contributed by atoms with van der Waals surface area (Å²) in [6.07, 6.45) is 6.17. The third-order valence-electron chi connectivity index (χ3n) is 4.81. The zero-order valence-corrected chi connectivity index (χ0v) is 14.4. The van der Waals surface area contributed by atoms with Crippen LogP contribution in [0.3, 0.4) is 0 Å². The number of aromatic nitrogens is 2. The van der Waals surface area contributed by atoms with Crippen molar-refractivity contribution in [1.29, 1.82) is 0 Å². The van der Waals surface area contributed by atoms with Crippen LogP contribution < -0.4 is 5.32 Å². The van der Waals surface area contributed by atoms with Gasteiger partial charge in [-0.25, -0.2) is 4.79 Å². The van der Waals surface area contributed by atoms with Gasteiger partial charge in [0.25, 0.3) is 0 Å². The van der Waals surface area contributed by atoms with Crippen molar-refractivity contribution in [2.24, 2.45) is 13.0 Å². The molecule has 0 spiro atoms. The number of nitrogens with zero attached hydrogens (tertiary/aromatic N) is 4. The molecule has 0 aliphatic carbocycles. The maximum atomic E-state index is 12.5. The Kier molecular flexibility index (Phi) is 5.45. The van der Waals surface area contributed by atoms with E-state index in [9.17, 15) is 4.79 Å². The van der Waals surface area contributed by atoms with Crippen molar-refractivity contribution in [2.75, 3.05) is 27.2 Å². The van der Waals surface area contributed by atoms with E-state index in [0.717, 1.165) is 18.5 Å². The Morgan fingerprint density at radius 1 is 1.50 bits per heavy atom. The maximum absolute atomic E-state index is 12.5. The summed E-state index contributed by atoms with van der Waals surface area (Å²) in [5, 5.41) is 7.33. The van der Waals surface area contributed by atoms with Gasteiger partial charge in [0.05, 0.1) is 12.2 Å². The number of hydrogen-bond acceptors (Lipinski definition) is 3. The Balaban J connectivity index is 1.96. The lowest BCUT2D eigenvalue weighted by atomic mass is 9.92. The summed E-state index contributed by atoms with van der Waals surface area (Å²) in [4.78, 5) is 16.6. The Morgan fingerprint density at radius 2 is 2.23 bits per heavy atom. The van der Waals surface area contributed by atoms with E-state index in [2.05, 4.69) is 29.2 Å². The highest BCUT2D eigenvalue weighted by Crippen LogP contribution is 2.23. The topological polar surface area (TPSA) is 53.4 Å². The minimum Gasteiger partial charge on any atom is -0.336 e. The number of likely N-dealkylation sites (N-methyl/N-ethyl adjacent to an activating group) is 1. The quantitative estimate of drug-likeness (QED) is 0.923. The fourth-order valence-electron chi connectivity index (χ4n) is 3.12. The first-order valence-electron chi connectivity index (χ1n) is 8.09. The molecule has 3 atom stereocenters. The Morgan fingerprint density at radius 3 is 2.82 bits per heavy atom. The summed E-state index contributed by atoms with van der Waals surface area (Å²) in [7, 11) is 5.95. The molecule has 2 amide bonds. The molecule has 22 heavy (non-hydrogen) atoms. The van der Waals surface area contributed by atoms with Crippen LogP contribution in [-0.4, -0.2) is 58.8 Å². The molecule has 1 aliphatic rings. The first-order valence-corrected chi connectivity index (χ1v) is 8.09. The molecule has 0 aromatic carbocycles. The third-order valence-corrected chi connectivity index (χ3v) is 4.81. The molecule has 1 saturated heterocycles. The van der Waals surface area contributed by atoms with Crippen molar-refractivity contribution in [3.8, 4) is 0 Å².